The van der Waals surface area contributed by atoms with Gasteiger partial charge in [0.1, 0.15) is 5.75 Å². The molecule has 3 aromatic rings. The molecule has 21 heavy (non-hydrogen) atoms. The molecule has 0 saturated heterocycles. The molecule has 1 aliphatic rings. The largest absolute Gasteiger partial charge is 0.478 e. The van der Waals surface area contributed by atoms with Crippen molar-refractivity contribution < 1.29 is 4.74 Å². The van der Waals surface area contributed by atoms with Crippen molar-refractivity contribution in [1.82, 2.24) is 9.55 Å². The number of halogens is 1. The normalized spacial score (nSPS) is 17.1. The lowest BCUT2D eigenvalue weighted by Crippen LogP contribution is -2.25. The van der Waals surface area contributed by atoms with Crippen molar-refractivity contribution in [2.75, 3.05) is 11.9 Å². The lowest BCUT2D eigenvalue weighted by atomic mass is 10.2. The topological polar surface area (TPSA) is 39.1 Å². The number of nitrogens with one attached hydrogen (secondary N) is 1. The number of nitrogens with zero attached hydrogens (tertiary/aromatic N) is 2. The molecule has 1 N–H and O–H groups in total. The summed E-state index contributed by atoms with van der Waals surface area (Å²) < 4.78 is 8.16. The van der Waals surface area contributed by atoms with Crippen LogP contribution in [0.2, 0.25) is 5.02 Å². The predicted octanol–water partition coefficient (Wildman–Crippen LogP) is 3.77. The molecule has 0 saturated carbocycles. The average Bonchev–Trinajstić information content (AvgIpc) is 2.84. The number of benzene rings is 2. The third kappa shape index (κ3) is 2.03. The molecule has 0 bridgehead atoms. The Morgan fingerprint density at radius 1 is 1.29 bits per heavy atom. The van der Waals surface area contributed by atoms with Gasteiger partial charge in [-0.15, -0.1) is 0 Å². The molecule has 0 amide bonds. The van der Waals surface area contributed by atoms with Crippen molar-refractivity contribution in [2.24, 2.45) is 7.05 Å². The van der Waals surface area contributed by atoms with Gasteiger partial charge in [0.05, 0.1) is 23.3 Å². The van der Waals surface area contributed by atoms with Crippen LogP contribution in [0.25, 0.3) is 11.0 Å². The van der Waals surface area contributed by atoms with E-state index in [1.165, 1.54) is 0 Å². The summed E-state index contributed by atoms with van der Waals surface area (Å²) in [7, 11) is 2.02. The van der Waals surface area contributed by atoms with Crippen molar-refractivity contribution in [3.63, 3.8) is 0 Å². The first-order valence-corrected chi connectivity index (χ1v) is 7.21. The van der Waals surface area contributed by atoms with Crippen molar-refractivity contribution in [1.29, 1.82) is 0 Å². The Balaban J connectivity index is 1.75. The van der Waals surface area contributed by atoms with Gasteiger partial charge < -0.3 is 14.6 Å². The lowest BCUT2D eigenvalue weighted by molar-refractivity contribution is 0.197. The fourth-order valence-electron chi connectivity index (χ4n) is 2.73. The second-order valence-electron chi connectivity index (χ2n) is 5.15. The van der Waals surface area contributed by atoms with E-state index in [1.807, 2.05) is 43.4 Å². The van der Waals surface area contributed by atoms with E-state index < -0.39 is 0 Å². The van der Waals surface area contributed by atoms with E-state index >= 15 is 0 Å². The summed E-state index contributed by atoms with van der Waals surface area (Å²) in [5.74, 6) is 1.68. The van der Waals surface area contributed by atoms with E-state index in [0.717, 1.165) is 28.3 Å². The van der Waals surface area contributed by atoms with Crippen LogP contribution in [0.15, 0.2) is 42.5 Å². The molecule has 0 fully saturated rings. The minimum atomic E-state index is -0.131. The smallest absolute Gasteiger partial charge is 0.173 e. The van der Waals surface area contributed by atoms with E-state index in [2.05, 4.69) is 16.0 Å². The Kier molecular flexibility index (Phi) is 2.79. The van der Waals surface area contributed by atoms with Crippen LogP contribution in [0.3, 0.4) is 0 Å². The third-order valence-electron chi connectivity index (χ3n) is 3.80. The second-order valence-corrected chi connectivity index (χ2v) is 5.58. The zero-order valence-corrected chi connectivity index (χ0v) is 12.3. The highest BCUT2D eigenvalue weighted by molar-refractivity contribution is 6.30. The number of hydrogen-bond donors (Lipinski definition) is 1. The van der Waals surface area contributed by atoms with Gasteiger partial charge in [-0.1, -0.05) is 23.7 Å². The SMILES string of the molecule is Cn1c(C2CNc3ccc(Cl)cc3O2)nc2ccccc21. The Labute approximate surface area is 127 Å². The predicted molar refractivity (Wildman–Crippen MR) is 84.0 cm³/mol. The summed E-state index contributed by atoms with van der Waals surface area (Å²) in [5.41, 5.74) is 3.05. The molecule has 1 unspecified atom stereocenters. The van der Waals surface area contributed by atoms with Gasteiger partial charge in [-0.3, -0.25) is 0 Å². The fourth-order valence-corrected chi connectivity index (χ4v) is 2.90. The molecule has 2 heterocycles. The second kappa shape index (κ2) is 4.67. The summed E-state index contributed by atoms with van der Waals surface area (Å²) in [5, 5.41) is 4.04. The van der Waals surface area contributed by atoms with Crippen LogP contribution < -0.4 is 10.1 Å². The molecule has 5 heteroatoms. The number of anilines is 1. The number of ether oxygens (including phenoxy) is 1. The number of aryl methyl sites for hydroxylation is 1. The van der Waals surface area contributed by atoms with E-state index in [4.69, 9.17) is 21.3 Å². The molecular weight excluding hydrogens is 286 g/mol. The number of fused-ring (bicyclic) bond motifs is 2. The number of imidazole rings is 1. The number of rotatable bonds is 1. The number of aromatic nitrogens is 2. The molecule has 4 nitrogen and oxygen atoms in total. The van der Waals surface area contributed by atoms with Crippen LogP contribution in [-0.4, -0.2) is 16.1 Å². The van der Waals surface area contributed by atoms with Crippen LogP contribution in [0.1, 0.15) is 11.9 Å². The van der Waals surface area contributed by atoms with Crippen LogP contribution in [0.5, 0.6) is 5.75 Å². The van der Waals surface area contributed by atoms with E-state index in [0.29, 0.717) is 11.6 Å². The fraction of sp³-hybridized carbons (Fsp3) is 0.188. The molecule has 1 atom stereocenters. The van der Waals surface area contributed by atoms with Crippen molar-refractivity contribution in [2.45, 2.75) is 6.10 Å². The Bertz CT molecular complexity index is 828. The number of hydrogen-bond acceptors (Lipinski definition) is 3. The zero-order valence-electron chi connectivity index (χ0n) is 11.5. The van der Waals surface area contributed by atoms with Crippen molar-refractivity contribution in [3.05, 3.63) is 53.3 Å². The van der Waals surface area contributed by atoms with Crippen LogP contribution in [-0.2, 0) is 7.05 Å². The van der Waals surface area contributed by atoms with Crippen LogP contribution >= 0.6 is 11.6 Å². The monoisotopic (exact) mass is 299 g/mol. The molecule has 0 radical (unpaired) electrons. The molecule has 1 aliphatic heterocycles. The van der Waals surface area contributed by atoms with Gasteiger partial charge in [0.25, 0.3) is 0 Å². The standard InChI is InChI=1S/C16H14ClN3O/c1-20-13-5-3-2-4-11(13)19-16(20)15-9-18-12-7-6-10(17)8-14(12)21-15/h2-8,15,18H,9H2,1H3. The van der Waals surface area contributed by atoms with Gasteiger partial charge in [-0.2, -0.15) is 0 Å². The quantitative estimate of drug-likeness (QED) is 0.743. The third-order valence-corrected chi connectivity index (χ3v) is 4.04. The maximum absolute atomic E-state index is 6.08. The summed E-state index contributed by atoms with van der Waals surface area (Å²) in [6.45, 7) is 0.686. The Morgan fingerprint density at radius 2 is 2.14 bits per heavy atom. The highest BCUT2D eigenvalue weighted by Gasteiger charge is 2.25. The minimum Gasteiger partial charge on any atom is -0.478 e. The first-order chi connectivity index (χ1) is 10.2. The maximum atomic E-state index is 6.08. The van der Waals surface area contributed by atoms with Crippen LogP contribution in [0.4, 0.5) is 5.69 Å². The summed E-state index contributed by atoms with van der Waals surface area (Å²) >= 11 is 6.04. The minimum absolute atomic E-state index is 0.131. The van der Waals surface area contributed by atoms with Gasteiger partial charge in [0.2, 0.25) is 0 Å². The average molecular weight is 300 g/mol. The van der Waals surface area contributed by atoms with E-state index in [9.17, 15) is 0 Å². The zero-order chi connectivity index (χ0) is 14.4. The summed E-state index contributed by atoms with van der Waals surface area (Å²) in [6, 6.07) is 13.7. The molecule has 1 aromatic heterocycles. The first kappa shape index (κ1) is 12.5. The summed E-state index contributed by atoms with van der Waals surface area (Å²) in [6.07, 6.45) is -0.131. The van der Waals surface area contributed by atoms with E-state index in [-0.39, 0.29) is 6.10 Å². The molecule has 106 valence electrons. The molecule has 0 spiro atoms. The summed E-state index contributed by atoms with van der Waals surface area (Å²) in [4.78, 5) is 4.70. The highest BCUT2D eigenvalue weighted by atomic mass is 35.5. The maximum Gasteiger partial charge on any atom is 0.173 e. The van der Waals surface area contributed by atoms with Crippen molar-refractivity contribution >= 4 is 28.3 Å². The van der Waals surface area contributed by atoms with Gasteiger partial charge in [0.15, 0.2) is 11.9 Å². The van der Waals surface area contributed by atoms with E-state index in [1.54, 1.807) is 0 Å². The van der Waals surface area contributed by atoms with Gasteiger partial charge in [0, 0.05) is 18.1 Å². The molecule has 2 aromatic carbocycles. The Morgan fingerprint density at radius 3 is 3.00 bits per heavy atom. The molecular formula is C16H14ClN3O. The van der Waals surface area contributed by atoms with Crippen LogP contribution in [0, 0.1) is 0 Å². The van der Waals surface area contributed by atoms with Gasteiger partial charge >= 0.3 is 0 Å². The van der Waals surface area contributed by atoms with Gasteiger partial charge in [-0.25, -0.2) is 4.98 Å². The van der Waals surface area contributed by atoms with Crippen molar-refractivity contribution in [3.8, 4) is 5.75 Å². The van der Waals surface area contributed by atoms with Gasteiger partial charge in [-0.05, 0) is 24.3 Å². The highest BCUT2D eigenvalue weighted by Crippen LogP contribution is 2.36. The number of para-hydroxylation sites is 2. The first-order valence-electron chi connectivity index (χ1n) is 6.84. The Hall–Kier alpha value is -2.20. The molecule has 4 rings (SSSR count). The molecule has 0 aliphatic carbocycles. The lowest BCUT2D eigenvalue weighted by Gasteiger charge is -2.27.